The fourth-order valence-electron chi connectivity index (χ4n) is 5.78. The number of likely N-dealkylation sites (tertiary alicyclic amines) is 1. The minimum atomic E-state index is -0.645. The topological polar surface area (TPSA) is 98.7 Å². The minimum Gasteiger partial charge on any atom is -0.396 e. The van der Waals surface area contributed by atoms with Gasteiger partial charge in [-0.3, -0.25) is 14.4 Å². The Morgan fingerprint density at radius 1 is 1.24 bits per heavy atom. The van der Waals surface area contributed by atoms with Gasteiger partial charge >= 0.3 is 0 Å². The van der Waals surface area contributed by atoms with Crippen LogP contribution in [0.2, 0.25) is 0 Å². The highest BCUT2D eigenvalue weighted by molar-refractivity contribution is 9.09. The number of aryl methyl sites for hydroxylation is 2. The second-order valence-corrected chi connectivity index (χ2v) is 12.1. The molecular weight excluding hydrogens is 506 g/mol. The molecule has 3 unspecified atom stereocenters. The first kappa shape index (κ1) is 24.5. The van der Waals surface area contributed by atoms with Crippen molar-refractivity contribution in [1.29, 1.82) is 0 Å². The van der Waals surface area contributed by atoms with Crippen molar-refractivity contribution in [1.82, 2.24) is 10.2 Å². The van der Waals surface area contributed by atoms with Crippen LogP contribution < -0.4 is 10.6 Å². The Balaban J connectivity index is 1.69. The normalized spacial score (nSPS) is 32.2. The van der Waals surface area contributed by atoms with Crippen LogP contribution in [0.3, 0.4) is 0 Å². The van der Waals surface area contributed by atoms with E-state index in [1.54, 1.807) is 23.7 Å². The van der Waals surface area contributed by atoms with Crippen LogP contribution >= 0.6 is 27.7 Å². The van der Waals surface area contributed by atoms with Crippen LogP contribution in [0.25, 0.3) is 0 Å². The largest absolute Gasteiger partial charge is 0.396 e. The zero-order chi connectivity index (χ0) is 23.9. The second-order valence-electron chi connectivity index (χ2n) is 9.40. The molecule has 3 N–H and O–H groups in total. The summed E-state index contributed by atoms with van der Waals surface area (Å²) in [6, 6.07) is 5.29. The third-order valence-electron chi connectivity index (χ3n) is 7.29. The highest BCUT2D eigenvalue weighted by Crippen LogP contribution is 2.67. The Kier molecular flexibility index (Phi) is 7.13. The first-order chi connectivity index (χ1) is 15.7. The third-order valence-corrected chi connectivity index (χ3v) is 10.5. The molecule has 0 aromatic heterocycles. The molecule has 3 amide bonds. The lowest BCUT2D eigenvalue weighted by Crippen LogP contribution is -2.53. The van der Waals surface area contributed by atoms with Crippen LogP contribution in [0.5, 0.6) is 0 Å². The second kappa shape index (κ2) is 9.58. The Labute approximate surface area is 207 Å². The van der Waals surface area contributed by atoms with E-state index < -0.39 is 22.6 Å². The number of carbonyl (C=O) groups excluding carboxylic acids is 3. The van der Waals surface area contributed by atoms with Crippen LogP contribution in [-0.4, -0.2) is 68.8 Å². The van der Waals surface area contributed by atoms with Crippen molar-refractivity contribution in [2.24, 2.45) is 11.8 Å². The molecule has 9 heteroatoms. The van der Waals surface area contributed by atoms with Gasteiger partial charge in [0.1, 0.15) is 6.04 Å². The average molecular weight is 539 g/mol. The highest BCUT2D eigenvalue weighted by Gasteiger charge is 2.75. The molecule has 1 aromatic carbocycles. The number of hydrogen-bond acceptors (Lipinski definition) is 5. The number of unbranched alkanes of at least 4 members (excludes halogenated alkanes) is 2. The molecule has 0 saturated carbocycles. The molecule has 180 valence electrons. The Morgan fingerprint density at radius 2 is 2.00 bits per heavy atom. The van der Waals surface area contributed by atoms with Crippen molar-refractivity contribution in [2.75, 3.05) is 25.5 Å². The molecule has 3 aliphatic heterocycles. The number of rotatable bonds is 8. The first-order valence-electron chi connectivity index (χ1n) is 11.6. The molecular formula is C24H32BrN3O4S. The van der Waals surface area contributed by atoms with Gasteiger partial charge in [0.15, 0.2) is 0 Å². The van der Waals surface area contributed by atoms with Gasteiger partial charge < -0.3 is 20.6 Å². The van der Waals surface area contributed by atoms with Gasteiger partial charge in [-0.25, -0.2) is 0 Å². The van der Waals surface area contributed by atoms with Gasteiger partial charge in [-0.15, -0.1) is 11.8 Å². The van der Waals surface area contributed by atoms with E-state index in [1.165, 1.54) is 0 Å². The van der Waals surface area contributed by atoms with Gasteiger partial charge in [-0.05, 0) is 56.7 Å². The molecule has 3 heterocycles. The Morgan fingerprint density at radius 3 is 2.70 bits per heavy atom. The molecule has 1 spiro atoms. The number of thioether (sulfide) groups is 1. The predicted octanol–water partition coefficient (Wildman–Crippen LogP) is 2.62. The lowest BCUT2D eigenvalue weighted by atomic mass is 9.70. The maximum absolute atomic E-state index is 13.8. The van der Waals surface area contributed by atoms with E-state index >= 15 is 0 Å². The van der Waals surface area contributed by atoms with Crippen LogP contribution in [0.4, 0.5) is 5.69 Å². The monoisotopic (exact) mass is 537 g/mol. The number of fused-ring (bicyclic) bond motifs is 1. The number of nitrogens with zero attached hydrogens (tertiary/aromatic N) is 1. The molecule has 3 aliphatic rings. The molecule has 33 heavy (non-hydrogen) atoms. The number of anilines is 1. The molecule has 0 aliphatic carbocycles. The number of alkyl halides is 1. The quantitative estimate of drug-likeness (QED) is 0.349. The maximum atomic E-state index is 13.8. The van der Waals surface area contributed by atoms with Gasteiger partial charge in [-0.1, -0.05) is 28.1 Å². The number of aliphatic hydroxyl groups excluding tert-OH is 1. The van der Waals surface area contributed by atoms with Crippen LogP contribution in [0.15, 0.2) is 18.2 Å². The summed E-state index contributed by atoms with van der Waals surface area (Å²) in [5, 5.41) is 14.9. The SMILES string of the molecule is CNC(=O)[C@H]1[C@H]2C(=O)N(CCCCCO)C(C(=O)Nc3cc(C)ccc3C)C23CC(Br)[C@@H]1S3. The summed E-state index contributed by atoms with van der Waals surface area (Å²) in [7, 11) is 1.60. The smallest absolute Gasteiger partial charge is 0.248 e. The Hall–Kier alpha value is -1.58. The predicted molar refractivity (Wildman–Crippen MR) is 133 cm³/mol. The van der Waals surface area contributed by atoms with Gasteiger partial charge in [0.05, 0.1) is 16.6 Å². The van der Waals surface area contributed by atoms with Crippen molar-refractivity contribution in [3.05, 3.63) is 29.3 Å². The number of benzene rings is 1. The molecule has 7 nitrogen and oxygen atoms in total. The van der Waals surface area contributed by atoms with Crippen LogP contribution in [-0.2, 0) is 14.4 Å². The summed E-state index contributed by atoms with van der Waals surface area (Å²) < 4.78 is -0.633. The van der Waals surface area contributed by atoms with E-state index in [0.717, 1.165) is 23.2 Å². The summed E-state index contributed by atoms with van der Waals surface area (Å²) >= 11 is 5.40. The van der Waals surface area contributed by atoms with Crippen molar-refractivity contribution in [3.63, 3.8) is 0 Å². The molecule has 4 rings (SSSR count). The number of amides is 3. The molecule has 3 fully saturated rings. The fraction of sp³-hybridized carbons (Fsp3) is 0.625. The van der Waals surface area contributed by atoms with Crippen LogP contribution in [0, 0.1) is 25.7 Å². The van der Waals surface area contributed by atoms with Crippen molar-refractivity contribution in [2.45, 2.75) is 60.4 Å². The van der Waals surface area contributed by atoms with E-state index in [1.807, 2.05) is 32.0 Å². The van der Waals surface area contributed by atoms with E-state index in [2.05, 4.69) is 26.6 Å². The fourth-order valence-corrected chi connectivity index (χ4v) is 9.39. The summed E-state index contributed by atoms with van der Waals surface area (Å²) in [5.74, 6) is -1.37. The number of halogens is 1. The average Bonchev–Trinajstić information content (AvgIpc) is 3.37. The van der Waals surface area contributed by atoms with E-state index in [0.29, 0.717) is 25.8 Å². The molecule has 2 bridgehead atoms. The number of carbonyl (C=O) groups is 3. The third kappa shape index (κ3) is 4.10. The van der Waals surface area contributed by atoms with E-state index in [-0.39, 0.29) is 34.4 Å². The number of aliphatic hydroxyl groups is 1. The standard InChI is InChI=1S/C24H32BrN3O4S/c1-13-7-8-14(2)16(11-13)27-22(31)20-24-12-15(25)19(33-24)17(21(30)26-3)18(24)23(32)28(20)9-5-4-6-10-29/h7-8,11,15,17-20,29H,4-6,9-10,12H2,1-3H3,(H,26,30)(H,27,31)/t15?,17-,18-,19-,20?,24?/m0/s1. The lowest BCUT2D eigenvalue weighted by molar-refractivity contribution is -0.139. The lowest BCUT2D eigenvalue weighted by Gasteiger charge is -2.35. The van der Waals surface area contributed by atoms with Gasteiger partial charge in [-0.2, -0.15) is 0 Å². The van der Waals surface area contributed by atoms with Crippen molar-refractivity contribution >= 4 is 51.1 Å². The van der Waals surface area contributed by atoms with E-state index in [4.69, 9.17) is 5.11 Å². The zero-order valence-corrected chi connectivity index (χ0v) is 21.7. The molecule has 3 saturated heterocycles. The molecule has 1 aromatic rings. The number of hydrogen-bond donors (Lipinski definition) is 3. The highest BCUT2D eigenvalue weighted by atomic mass is 79.9. The molecule has 6 atom stereocenters. The zero-order valence-electron chi connectivity index (χ0n) is 19.3. The van der Waals surface area contributed by atoms with Gasteiger partial charge in [0, 0.05) is 36.0 Å². The van der Waals surface area contributed by atoms with Gasteiger partial charge in [0.2, 0.25) is 17.7 Å². The maximum Gasteiger partial charge on any atom is 0.248 e. The van der Waals surface area contributed by atoms with Crippen LogP contribution in [0.1, 0.15) is 36.8 Å². The summed E-state index contributed by atoms with van der Waals surface area (Å²) in [5.41, 5.74) is 2.77. The summed E-state index contributed by atoms with van der Waals surface area (Å²) in [6.45, 7) is 4.49. The van der Waals surface area contributed by atoms with Crippen molar-refractivity contribution in [3.8, 4) is 0 Å². The molecule has 0 radical (unpaired) electrons. The minimum absolute atomic E-state index is 0.0357. The summed E-state index contributed by atoms with van der Waals surface area (Å²) in [6.07, 6.45) is 2.82. The first-order valence-corrected chi connectivity index (χ1v) is 13.4. The summed E-state index contributed by atoms with van der Waals surface area (Å²) in [4.78, 5) is 42.2. The number of nitrogens with one attached hydrogen (secondary N) is 2. The van der Waals surface area contributed by atoms with Gasteiger partial charge in [0.25, 0.3) is 0 Å². The Bertz CT molecular complexity index is 960. The van der Waals surface area contributed by atoms with E-state index in [9.17, 15) is 14.4 Å². The van der Waals surface area contributed by atoms with Crippen molar-refractivity contribution < 1.29 is 19.5 Å².